The minimum Gasteiger partial charge on any atom is -0.481 e. The number of carbonyl (C=O) groups is 2. The van der Waals surface area contributed by atoms with Crippen molar-refractivity contribution in [1.82, 2.24) is 10.2 Å². The fraction of sp³-hybridized carbons (Fsp3) is 0.867. The molecule has 5 heteroatoms. The van der Waals surface area contributed by atoms with E-state index in [2.05, 4.69) is 33.0 Å². The van der Waals surface area contributed by atoms with Gasteiger partial charge in [0.15, 0.2) is 0 Å². The Kier molecular flexibility index (Phi) is 3.73. The van der Waals surface area contributed by atoms with Gasteiger partial charge in [0, 0.05) is 19.6 Å². The lowest BCUT2D eigenvalue weighted by Gasteiger charge is -2.30. The lowest BCUT2D eigenvalue weighted by Crippen LogP contribution is -2.46. The first-order valence-electron chi connectivity index (χ1n) is 7.43. The molecule has 1 aliphatic carbocycles. The number of hydrogen-bond acceptors (Lipinski definition) is 2. The van der Waals surface area contributed by atoms with Gasteiger partial charge in [-0.3, -0.25) is 4.79 Å². The number of carboxylic acid groups (broad SMARTS) is 1. The van der Waals surface area contributed by atoms with Gasteiger partial charge >= 0.3 is 12.0 Å². The Labute approximate surface area is 120 Å². The highest BCUT2D eigenvalue weighted by atomic mass is 16.4. The minimum atomic E-state index is -0.744. The molecule has 1 aliphatic heterocycles. The van der Waals surface area contributed by atoms with Crippen LogP contribution in [0, 0.1) is 22.7 Å². The van der Waals surface area contributed by atoms with Crippen LogP contribution in [0.15, 0.2) is 0 Å². The highest BCUT2D eigenvalue weighted by Gasteiger charge is 2.64. The third-order valence-corrected chi connectivity index (χ3v) is 5.91. The number of nitrogens with one attached hydrogen (secondary N) is 1. The summed E-state index contributed by atoms with van der Waals surface area (Å²) < 4.78 is 0. The smallest absolute Gasteiger partial charge is 0.317 e. The van der Waals surface area contributed by atoms with E-state index in [1.54, 1.807) is 4.90 Å². The highest BCUT2D eigenvalue weighted by Crippen LogP contribution is 2.67. The maximum Gasteiger partial charge on any atom is 0.317 e. The van der Waals surface area contributed by atoms with Crippen molar-refractivity contribution in [1.29, 1.82) is 0 Å². The normalized spacial score (nSPS) is 25.3. The topological polar surface area (TPSA) is 69.6 Å². The number of amides is 2. The standard InChI is InChI=1S/C15H26N2O3/c1-14(2)11(15(14,3)4)9-16-13(20)17-7-5-10(6-8-17)12(18)19/h10-11H,5-9H2,1-4H3,(H,16,20)(H,18,19). The van der Waals surface area contributed by atoms with Crippen LogP contribution in [-0.2, 0) is 4.79 Å². The zero-order valence-corrected chi connectivity index (χ0v) is 12.9. The predicted molar refractivity (Wildman–Crippen MR) is 76.4 cm³/mol. The highest BCUT2D eigenvalue weighted by molar-refractivity contribution is 5.75. The number of carboxylic acids is 1. The molecular weight excluding hydrogens is 256 g/mol. The Balaban J connectivity index is 1.76. The fourth-order valence-corrected chi connectivity index (χ4v) is 3.47. The summed E-state index contributed by atoms with van der Waals surface area (Å²) in [6.45, 7) is 10.7. The number of aliphatic carboxylic acids is 1. The van der Waals surface area contributed by atoms with Gasteiger partial charge in [-0.15, -0.1) is 0 Å². The molecule has 2 fully saturated rings. The van der Waals surface area contributed by atoms with Crippen molar-refractivity contribution in [2.75, 3.05) is 19.6 Å². The van der Waals surface area contributed by atoms with Crippen molar-refractivity contribution >= 4 is 12.0 Å². The van der Waals surface area contributed by atoms with E-state index in [1.165, 1.54) is 0 Å². The Morgan fingerprint density at radius 2 is 1.65 bits per heavy atom. The summed E-state index contributed by atoms with van der Waals surface area (Å²) in [7, 11) is 0. The van der Waals surface area contributed by atoms with E-state index in [4.69, 9.17) is 5.11 Å². The van der Waals surface area contributed by atoms with E-state index in [0.717, 1.165) is 0 Å². The fourth-order valence-electron chi connectivity index (χ4n) is 3.47. The van der Waals surface area contributed by atoms with Gasteiger partial charge < -0.3 is 15.3 Å². The molecule has 2 amide bonds. The first-order chi connectivity index (χ1) is 9.18. The number of carbonyl (C=O) groups excluding carboxylic acids is 1. The maximum absolute atomic E-state index is 12.1. The molecule has 1 heterocycles. The van der Waals surface area contributed by atoms with Crippen LogP contribution in [0.4, 0.5) is 4.79 Å². The van der Waals surface area contributed by atoms with Crippen LogP contribution in [0.3, 0.4) is 0 Å². The Morgan fingerprint density at radius 3 is 2.05 bits per heavy atom. The van der Waals surface area contributed by atoms with Crippen LogP contribution in [0.5, 0.6) is 0 Å². The number of piperidine rings is 1. The molecule has 2 rings (SSSR count). The van der Waals surface area contributed by atoms with Gasteiger partial charge in [0.25, 0.3) is 0 Å². The molecule has 0 atom stereocenters. The second-order valence-corrected chi connectivity index (χ2v) is 7.28. The third-order valence-electron chi connectivity index (χ3n) is 5.91. The zero-order chi connectivity index (χ0) is 15.1. The van der Waals surface area contributed by atoms with E-state index in [-0.39, 0.29) is 22.8 Å². The van der Waals surface area contributed by atoms with Crippen LogP contribution in [0.2, 0.25) is 0 Å². The monoisotopic (exact) mass is 282 g/mol. The Hall–Kier alpha value is -1.26. The Morgan fingerprint density at radius 1 is 1.15 bits per heavy atom. The van der Waals surface area contributed by atoms with E-state index in [0.29, 0.717) is 38.4 Å². The summed E-state index contributed by atoms with van der Waals surface area (Å²) in [5.74, 6) is -0.526. The summed E-state index contributed by atoms with van der Waals surface area (Å²) in [5, 5.41) is 12.0. The van der Waals surface area contributed by atoms with Crippen LogP contribution in [0.1, 0.15) is 40.5 Å². The summed E-state index contributed by atoms with van der Waals surface area (Å²) in [4.78, 5) is 24.7. The minimum absolute atomic E-state index is 0.0488. The number of urea groups is 1. The molecule has 0 bridgehead atoms. The van der Waals surface area contributed by atoms with Gasteiger partial charge in [-0.25, -0.2) is 4.79 Å². The van der Waals surface area contributed by atoms with Crippen LogP contribution in [0.25, 0.3) is 0 Å². The molecular formula is C15H26N2O3. The van der Waals surface area contributed by atoms with Gasteiger partial charge in [-0.05, 0) is 29.6 Å². The van der Waals surface area contributed by atoms with Crippen molar-refractivity contribution < 1.29 is 14.7 Å². The Bertz CT molecular complexity index is 395. The van der Waals surface area contributed by atoms with Gasteiger partial charge in [-0.2, -0.15) is 0 Å². The van der Waals surface area contributed by atoms with E-state index < -0.39 is 5.97 Å². The second kappa shape index (κ2) is 4.93. The van der Waals surface area contributed by atoms with E-state index in [9.17, 15) is 9.59 Å². The molecule has 1 saturated heterocycles. The summed E-state index contributed by atoms with van der Waals surface area (Å²) >= 11 is 0. The average Bonchev–Trinajstić information content (AvgIpc) is 2.77. The van der Waals surface area contributed by atoms with Gasteiger partial charge in [-0.1, -0.05) is 27.7 Å². The van der Waals surface area contributed by atoms with Crippen LogP contribution in [-0.4, -0.2) is 41.6 Å². The van der Waals surface area contributed by atoms with Gasteiger partial charge in [0.1, 0.15) is 0 Å². The van der Waals surface area contributed by atoms with Crippen molar-refractivity contribution in [2.24, 2.45) is 22.7 Å². The molecule has 5 nitrogen and oxygen atoms in total. The number of rotatable bonds is 3. The SMILES string of the molecule is CC1(C)C(CNC(=O)N2CCC(C(=O)O)CC2)C1(C)C. The molecule has 0 unspecified atom stereocenters. The van der Waals surface area contributed by atoms with Crippen molar-refractivity contribution in [3.63, 3.8) is 0 Å². The summed E-state index contributed by atoms with van der Waals surface area (Å²) in [6.07, 6.45) is 1.12. The largest absolute Gasteiger partial charge is 0.481 e. The number of hydrogen-bond donors (Lipinski definition) is 2. The van der Waals surface area contributed by atoms with Crippen molar-refractivity contribution in [3.05, 3.63) is 0 Å². The molecule has 0 aromatic rings. The third kappa shape index (κ3) is 2.50. The molecule has 20 heavy (non-hydrogen) atoms. The predicted octanol–water partition coefficient (Wildman–Crippen LogP) is 2.17. The molecule has 0 spiro atoms. The molecule has 0 radical (unpaired) electrons. The average molecular weight is 282 g/mol. The molecule has 114 valence electrons. The number of nitrogens with zero attached hydrogens (tertiary/aromatic N) is 1. The van der Waals surface area contributed by atoms with Gasteiger partial charge in [0.2, 0.25) is 0 Å². The molecule has 2 aliphatic rings. The van der Waals surface area contributed by atoms with Crippen molar-refractivity contribution in [2.45, 2.75) is 40.5 Å². The lowest BCUT2D eigenvalue weighted by atomic mass is 9.97. The van der Waals surface area contributed by atoms with Crippen molar-refractivity contribution in [3.8, 4) is 0 Å². The summed E-state index contributed by atoms with van der Waals surface area (Å²) in [5.41, 5.74) is 0.549. The molecule has 0 aromatic heterocycles. The summed E-state index contributed by atoms with van der Waals surface area (Å²) in [6, 6.07) is -0.0488. The van der Waals surface area contributed by atoms with E-state index >= 15 is 0 Å². The maximum atomic E-state index is 12.1. The quantitative estimate of drug-likeness (QED) is 0.833. The van der Waals surface area contributed by atoms with Crippen LogP contribution < -0.4 is 5.32 Å². The lowest BCUT2D eigenvalue weighted by molar-refractivity contribution is -0.143. The molecule has 0 aromatic carbocycles. The van der Waals surface area contributed by atoms with Gasteiger partial charge in [0.05, 0.1) is 5.92 Å². The van der Waals surface area contributed by atoms with Crippen LogP contribution >= 0.6 is 0 Å². The molecule has 2 N–H and O–H groups in total. The zero-order valence-electron chi connectivity index (χ0n) is 12.9. The number of likely N-dealkylation sites (tertiary alicyclic amines) is 1. The van der Waals surface area contributed by atoms with E-state index in [1.807, 2.05) is 0 Å². The first-order valence-corrected chi connectivity index (χ1v) is 7.43. The second-order valence-electron chi connectivity index (χ2n) is 7.28. The first kappa shape index (κ1) is 15.1. The molecule has 1 saturated carbocycles.